The molecule has 1 heterocycles. The molecule has 0 fully saturated rings. The maximum absolute atomic E-state index is 12.4. The summed E-state index contributed by atoms with van der Waals surface area (Å²) in [6.07, 6.45) is -2.63. The van der Waals surface area contributed by atoms with E-state index >= 15 is 0 Å². The number of aromatic nitrogens is 1. The van der Waals surface area contributed by atoms with Crippen LogP contribution in [0.1, 0.15) is 17.6 Å². The van der Waals surface area contributed by atoms with Gasteiger partial charge in [0, 0.05) is 5.56 Å². The van der Waals surface area contributed by atoms with Crippen LogP contribution in [0.2, 0.25) is 0 Å². The van der Waals surface area contributed by atoms with E-state index in [4.69, 9.17) is 5.26 Å². The summed E-state index contributed by atoms with van der Waals surface area (Å²) in [6.45, 7) is 0. The molecule has 0 aliphatic rings. The number of halogens is 4. The van der Waals surface area contributed by atoms with Gasteiger partial charge in [0.05, 0.1) is 5.56 Å². The fourth-order valence-corrected chi connectivity index (χ4v) is 2.51. The molecule has 1 aromatic heterocycles. The summed E-state index contributed by atoms with van der Waals surface area (Å²) in [5.74, 6) is 0. The summed E-state index contributed by atoms with van der Waals surface area (Å²) >= 11 is 3.61. The van der Waals surface area contributed by atoms with Gasteiger partial charge in [-0.2, -0.15) is 5.26 Å². The minimum Gasteiger partial charge on any atom is -0.235 e. The fourth-order valence-electron chi connectivity index (χ4n) is 0.784. The molecule has 2 nitrogen and oxygen atoms in total. The molecular formula is C7H2F2I2N2. The smallest absolute Gasteiger partial charge is 0.235 e. The van der Waals surface area contributed by atoms with Gasteiger partial charge < -0.3 is 0 Å². The lowest BCUT2D eigenvalue weighted by molar-refractivity contribution is 0.150. The highest BCUT2D eigenvalue weighted by molar-refractivity contribution is 14.1. The molecule has 13 heavy (non-hydrogen) atoms. The van der Waals surface area contributed by atoms with Crippen LogP contribution in [0.3, 0.4) is 0 Å². The number of nitrogens with zero attached hydrogens (tertiary/aromatic N) is 2. The molecule has 0 spiro atoms. The number of alkyl halides is 2. The average molecular weight is 406 g/mol. The Labute approximate surface area is 101 Å². The molecule has 0 amide bonds. The molecular weight excluding hydrogens is 404 g/mol. The predicted molar refractivity (Wildman–Crippen MR) is 59.3 cm³/mol. The van der Waals surface area contributed by atoms with Gasteiger partial charge in [0.1, 0.15) is 13.5 Å². The number of hydrogen-bond donors (Lipinski definition) is 0. The second-order valence-electron chi connectivity index (χ2n) is 2.11. The second-order valence-corrected chi connectivity index (χ2v) is 4.24. The van der Waals surface area contributed by atoms with Crippen molar-refractivity contribution in [2.45, 2.75) is 6.43 Å². The molecule has 0 aromatic carbocycles. The zero-order valence-corrected chi connectivity index (χ0v) is 10.4. The average Bonchev–Trinajstić information content (AvgIpc) is 2.02. The quantitative estimate of drug-likeness (QED) is 0.531. The van der Waals surface area contributed by atoms with Gasteiger partial charge >= 0.3 is 0 Å². The van der Waals surface area contributed by atoms with Crippen molar-refractivity contribution in [1.82, 2.24) is 4.98 Å². The van der Waals surface area contributed by atoms with E-state index < -0.39 is 6.43 Å². The number of pyridine rings is 1. The molecule has 0 unspecified atom stereocenters. The summed E-state index contributed by atoms with van der Waals surface area (Å²) in [5, 5.41) is 8.61. The third-order valence-electron chi connectivity index (χ3n) is 1.32. The van der Waals surface area contributed by atoms with Gasteiger partial charge in [0.15, 0.2) is 0 Å². The van der Waals surface area contributed by atoms with Crippen LogP contribution >= 0.6 is 45.2 Å². The third-order valence-corrected chi connectivity index (χ3v) is 2.65. The highest BCUT2D eigenvalue weighted by atomic mass is 127. The SMILES string of the molecule is N#Cc1c(C(F)F)cc(I)nc1I. The van der Waals surface area contributed by atoms with Crippen LogP contribution in [0.5, 0.6) is 0 Å². The molecule has 6 heteroatoms. The van der Waals surface area contributed by atoms with Crippen LogP contribution in [0.25, 0.3) is 0 Å². The molecule has 0 saturated carbocycles. The fraction of sp³-hybridized carbons (Fsp3) is 0.143. The van der Waals surface area contributed by atoms with Crippen LogP contribution in [-0.2, 0) is 0 Å². The van der Waals surface area contributed by atoms with Crippen molar-refractivity contribution < 1.29 is 8.78 Å². The van der Waals surface area contributed by atoms with Gasteiger partial charge in [-0.3, -0.25) is 0 Å². The standard InChI is InChI=1S/C7H2F2I2N2/c8-6(9)3-1-5(10)13-7(11)4(3)2-12/h1,6H. The molecule has 0 radical (unpaired) electrons. The number of nitriles is 1. The topological polar surface area (TPSA) is 36.7 Å². The van der Waals surface area contributed by atoms with Crippen molar-refractivity contribution in [2.24, 2.45) is 0 Å². The maximum Gasteiger partial charge on any atom is 0.265 e. The number of rotatable bonds is 1. The van der Waals surface area contributed by atoms with Crippen LogP contribution in [-0.4, -0.2) is 4.98 Å². The van der Waals surface area contributed by atoms with Gasteiger partial charge in [0.25, 0.3) is 6.43 Å². The summed E-state index contributed by atoms with van der Waals surface area (Å²) in [7, 11) is 0. The summed E-state index contributed by atoms with van der Waals surface area (Å²) in [4.78, 5) is 3.90. The lowest BCUT2D eigenvalue weighted by Crippen LogP contribution is -1.98. The van der Waals surface area contributed by atoms with E-state index in [1.807, 2.05) is 22.6 Å². The predicted octanol–water partition coefficient (Wildman–Crippen LogP) is 3.10. The Morgan fingerprint density at radius 1 is 1.46 bits per heavy atom. The monoisotopic (exact) mass is 406 g/mol. The molecule has 1 rings (SSSR count). The summed E-state index contributed by atoms with van der Waals surface area (Å²) in [6, 6.07) is 2.95. The van der Waals surface area contributed by atoms with Crippen LogP contribution in [0, 0.1) is 18.7 Å². The zero-order valence-electron chi connectivity index (χ0n) is 6.06. The molecule has 0 atom stereocenters. The first-order chi connectivity index (χ1) is 6.06. The first kappa shape index (κ1) is 11.0. The van der Waals surface area contributed by atoms with Gasteiger partial charge in [-0.15, -0.1) is 0 Å². The first-order valence-electron chi connectivity index (χ1n) is 3.10. The van der Waals surface area contributed by atoms with Crippen molar-refractivity contribution in [3.63, 3.8) is 0 Å². The molecule has 0 bridgehead atoms. The Hall–Kier alpha value is -0.0400. The Morgan fingerprint density at radius 2 is 2.08 bits per heavy atom. The van der Waals surface area contributed by atoms with E-state index in [0.717, 1.165) is 0 Å². The first-order valence-corrected chi connectivity index (χ1v) is 5.26. The van der Waals surface area contributed by atoms with Gasteiger partial charge in [-0.1, -0.05) is 0 Å². The van der Waals surface area contributed by atoms with Crippen molar-refractivity contribution in [2.75, 3.05) is 0 Å². The summed E-state index contributed by atoms with van der Waals surface area (Å²) in [5.41, 5.74) is -0.276. The lowest BCUT2D eigenvalue weighted by Gasteiger charge is -2.04. The lowest BCUT2D eigenvalue weighted by atomic mass is 10.2. The van der Waals surface area contributed by atoms with Crippen molar-refractivity contribution >= 4 is 45.2 Å². The third kappa shape index (κ3) is 2.46. The van der Waals surface area contributed by atoms with E-state index in [9.17, 15) is 8.78 Å². The summed E-state index contributed by atoms with van der Waals surface area (Å²) < 4.78 is 25.6. The van der Waals surface area contributed by atoms with Crippen LogP contribution in [0.15, 0.2) is 6.07 Å². The van der Waals surface area contributed by atoms with E-state index in [-0.39, 0.29) is 11.1 Å². The van der Waals surface area contributed by atoms with Crippen LogP contribution in [0.4, 0.5) is 8.78 Å². The highest BCUT2D eigenvalue weighted by Crippen LogP contribution is 2.26. The Morgan fingerprint density at radius 3 is 2.54 bits per heavy atom. The second kappa shape index (κ2) is 4.45. The molecule has 0 N–H and O–H groups in total. The van der Waals surface area contributed by atoms with Gasteiger partial charge in [-0.05, 0) is 51.2 Å². The molecule has 68 valence electrons. The van der Waals surface area contributed by atoms with Crippen LogP contribution < -0.4 is 0 Å². The van der Waals surface area contributed by atoms with E-state index in [0.29, 0.717) is 7.40 Å². The largest absolute Gasteiger partial charge is 0.265 e. The van der Waals surface area contributed by atoms with Crippen molar-refractivity contribution in [1.29, 1.82) is 5.26 Å². The molecule has 0 saturated heterocycles. The van der Waals surface area contributed by atoms with Crippen molar-refractivity contribution in [3.05, 3.63) is 24.6 Å². The Kier molecular flexibility index (Phi) is 3.78. The molecule has 0 aliphatic carbocycles. The van der Waals surface area contributed by atoms with E-state index in [1.54, 1.807) is 28.7 Å². The highest BCUT2D eigenvalue weighted by Gasteiger charge is 2.17. The minimum atomic E-state index is -2.63. The van der Waals surface area contributed by atoms with Gasteiger partial charge in [0.2, 0.25) is 0 Å². The van der Waals surface area contributed by atoms with Crippen molar-refractivity contribution in [3.8, 4) is 6.07 Å². The van der Waals surface area contributed by atoms with Gasteiger partial charge in [-0.25, -0.2) is 13.8 Å². The molecule has 1 aromatic rings. The Bertz CT molecular complexity index is 373. The normalized spacial score (nSPS) is 10.2. The zero-order chi connectivity index (χ0) is 10.0. The van der Waals surface area contributed by atoms with E-state index in [1.165, 1.54) is 6.07 Å². The minimum absolute atomic E-state index is 0.0315. The molecule has 0 aliphatic heterocycles. The Balaban J connectivity index is 3.41. The maximum atomic E-state index is 12.4. The van der Waals surface area contributed by atoms with E-state index in [2.05, 4.69) is 4.98 Å². The number of hydrogen-bond acceptors (Lipinski definition) is 2.